The molecule has 7 nitrogen and oxygen atoms in total. The van der Waals surface area contributed by atoms with Gasteiger partial charge in [0, 0.05) is 32.4 Å². The third kappa shape index (κ3) is 3.19. The maximum absolute atomic E-state index is 12.0. The summed E-state index contributed by atoms with van der Waals surface area (Å²) in [6.07, 6.45) is 3.71. The van der Waals surface area contributed by atoms with Crippen molar-refractivity contribution in [2.75, 3.05) is 19.8 Å². The minimum atomic E-state index is -0.175. The van der Waals surface area contributed by atoms with E-state index in [4.69, 9.17) is 9.47 Å². The van der Waals surface area contributed by atoms with E-state index in [1.165, 1.54) is 9.08 Å². The third-order valence-electron chi connectivity index (χ3n) is 3.80. The van der Waals surface area contributed by atoms with Crippen LogP contribution >= 0.6 is 0 Å². The van der Waals surface area contributed by atoms with Crippen molar-refractivity contribution in [2.24, 2.45) is 5.92 Å². The molecule has 118 valence electrons. The second-order valence-corrected chi connectivity index (χ2v) is 5.34. The zero-order chi connectivity index (χ0) is 15.4. The van der Waals surface area contributed by atoms with E-state index in [0.29, 0.717) is 38.4 Å². The summed E-state index contributed by atoms with van der Waals surface area (Å²) in [7, 11) is 0. The van der Waals surface area contributed by atoms with Gasteiger partial charge in [-0.25, -0.2) is 9.48 Å². The summed E-state index contributed by atoms with van der Waals surface area (Å²) in [5, 5.41) is 4.23. The van der Waals surface area contributed by atoms with E-state index in [9.17, 15) is 9.59 Å². The molecule has 0 unspecified atom stereocenters. The second-order valence-electron chi connectivity index (χ2n) is 5.34. The van der Waals surface area contributed by atoms with E-state index in [1.54, 1.807) is 18.3 Å². The topological polar surface area (TPSA) is 74.8 Å². The largest absolute Gasteiger partial charge is 0.465 e. The van der Waals surface area contributed by atoms with Gasteiger partial charge in [-0.1, -0.05) is 6.07 Å². The summed E-state index contributed by atoms with van der Waals surface area (Å²) in [6.45, 7) is 1.98. The summed E-state index contributed by atoms with van der Waals surface area (Å²) in [6, 6.07) is 5.40. The molecule has 0 N–H and O–H groups in total. The van der Waals surface area contributed by atoms with Crippen LogP contribution in [-0.2, 0) is 20.8 Å². The first-order valence-electron chi connectivity index (χ1n) is 7.54. The van der Waals surface area contributed by atoms with Crippen LogP contribution in [0.15, 0.2) is 29.2 Å². The van der Waals surface area contributed by atoms with Crippen molar-refractivity contribution in [1.82, 2.24) is 14.2 Å². The molecule has 0 radical (unpaired) electrons. The fourth-order valence-electron chi connectivity index (χ4n) is 2.55. The number of nitrogens with zero attached hydrogens (tertiary/aromatic N) is 3. The van der Waals surface area contributed by atoms with Crippen molar-refractivity contribution in [2.45, 2.75) is 25.8 Å². The molecule has 0 atom stereocenters. The highest BCUT2D eigenvalue weighted by Crippen LogP contribution is 2.16. The van der Waals surface area contributed by atoms with Crippen LogP contribution in [0.4, 0.5) is 0 Å². The highest BCUT2D eigenvalue weighted by molar-refractivity contribution is 5.72. The number of hydrogen-bond donors (Lipinski definition) is 0. The van der Waals surface area contributed by atoms with Gasteiger partial charge in [-0.2, -0.15) is 0 Å². The van der Waals surface area contributed by atoms with Gasteiger partial charge in [0.2, 0.25) is 0 Å². The van der Waals surface area contributed by atoms with Crippen LogP contribution in [0.1, 0.15) is 19.3 Å². The van der Waals surface area contributed by atoms with Crippen molar-refractivity contribution < 1.29 is 14.3 Å². The maximum Gasteiger partial charge on any atom is 0.350 e. The number of aryl methyl sites for hydroxylation is 1. The van der Waals surface area contributed by atoms with Gasteiger partial charge < -0.3 is 9.47 Å². The number of aromatic nitrogens is 3. The Kier molecular flexibility index (Phi) is 4.53. The molecule has 22 heavy (non-hydrogen) atoms. The summed E-state index contributed by atoms with van der Waals surface area (Å²) >= 11 is 0. The standard InChI is InChI=1S/C15H19N3O4/c19-14(12-5-10-21-11-6-12)22-9-3-8-18-15(20)17-7-2-1-4-13(17)16-18/h1-2,4,7,12H,3,5-6,8-11H2. The molecule has 1 fully saturated rings. The summed E-state index contributed by atoms with van der Waals surface area (Å²) in [5.74, 6) is -0.211. The molecule has 0 aliphatic carbocycles. The van der Waals surface area contributed by atoms with Gasteiger partial charge in [-0.05, 0) is 25.0 Å². The molecule has 3 rings (SSSR count). The zero-order valence-electron chi connectivity index (χ0n) is 12.3. The number of ether oxygens (including phenoxy) is 2. The number of carbonyl (C=O) groups excluding carboxylic acids is 1. The van der Waals surface area contributed by atoms with Crippen molar-refractivity contribution in [3.05, 3.63) is 34.9 Å². The predicted molar refractivity (Wildman–Crippen MR) is 78.6 cm³/mol. The molecular formula is C15H19N3O4. The molecular weight excluding hydrogens is 286 g/mol. The lowest BCUT2D eigenvalue weighted by atomic mass is 10.0. The Hall–Kier alpha value is -2.15. The van der Waals surface area contributed by atoms with Crippen LogP contribution < -0.4 is 5.69 Å². The lowest BCUT2D eigenvalue weighted by molar-refractivity contribution is -0.151. The number of carbonyl (C=O) groups is 1. The number of esters is 1. The summed E-state index contributed by atoms with van der Waals surface area (Å²) < 4.78 is 13.4. The van der Waals surface area contributed by atoms with Crippen LogP contribution in [0.2, 0.25) is 0 Å². The molecule has 1 aliphatic rings. The smallest absolute Gasteiger partial charge is 0.350 e. The first-order valence-corrected chi connectivity index (χ1v) is 7.54. The van der Waals surface area contributed by atoms with Crippen LogP contribution in [-0.4, -0.2) is 40.0 Å². The Morgan fingerprint density at radius 2 is 2.18 bits per heavy atom. The van der Waals surface area contributed by atoms with Crippen LogP contribution in [0.25, 0.3) is 5.65 Å². The minimum Gasteiger partial charge on any atom is -0.465 e. The van der Waals surface area contributed by atoms with Gasteiger partial charge in [0.25, 0.3) is 0 Å². The highest BCUT2D eigenvalue weighted by Gasteiger charge is 2.22. The third-order valence-corrected chi connectivity index (χ3v) is 3.80. The van der Waals surface area contributed by atoms with Crippen LogP contribution in [0.5, 0.6) is 0 Å². The molecule has 0 bridgehead atoms. The van der Waals surface area contributed by atoms with Gasteiger partial charge in [0.15, 0.2) is 5.65 Å². The number of rotatable bonds is 5. The molecule has 0 spiro atoms. The van der Waals surface area contributed by atoms with Gasteiger partial charge in [0.1, 0.15) is 0 Å². The Balaban J connectivity index is 1.49. The fourth-order valence-corrected chi connectivity index (χ4v) is 2.55. The van der Waals surface area contributed by atoms with Crippen LogP contribution in [0.3, 0.4) is 0 Å². The lowest BCUT2D eigenvalue weighted by Crippen LogP contribution is -2.26. The number of hydrogen-bond acceptors (Lipinski definition) is 5. The van der Waals surface area contributed by atoms with E-state index in [2.05, 4.69) is 5.10 Å². The zero-order valence-corrected chi connectivity index (χ0v) is 12.3. The van der Waals surface area contributed by atoms with Gasteiger partial charge >= 0.3 is 11.7 Å². The van der Waals surface area contributed by atoms with Gasteiger partial charge in [-0.15, -0.1) is 5.10 Å². The molecule has 1 saturated heterocycles. The maximum atomic E-state index is 12.0. The Labute approximate surface area is 127 Å². The minimum absolute atomic E-state index is 0.0494. The molecule has 2 aromatic rings. The Morgan fingerprint density at radius 1 is 1.36 bits per heavy atom. The molecule has 7 heteroatoms. The number of pyridine rings is 1. The first-order chi connectivity index (χ1) is 10.8. The van der Waals surface area contributed by atoms with Crippen molar-refractivity contribution in [1.29, 1.82) is 0 Å². The average Bonchev–Trinajstić information content (AvgIpc) is 2.89. The number of fused-ring (bicyclic) bond motifs is 1. The Morgan fingerprint density at radius 3 is 2.95 bits per heavy atom. The fraction of sp³-hybridized carbons (Fsp3) is 0.533. The van der Waals surface area contributed by atoms with E-state index in [-0.39, 0.29) is 17.6 Å². The van der Waals surface area contributed by atoms with E-state index < -0.39 is 0 Å². The van der Waals surface area contributed by atoms with Crippen molar-refractivity contribution in [3.63, 3.8) is 0 Å². The molecule has 0 aromatic carbocycles. The first kappa shape index (κ1) is 14.8. The molecule has 0 saturated carbocycles. The van der Waals surface area contributed by atoms with Crippen molar-refractivity contribution >= 4 is 11.6 Å². The quantitative estimate of drug-likeness (QED) is 0.605. The molecule has 1 aliphatic heterocycles. The van der Waals surface area contributed by atoms with Crippen LogP contribution in [0, 0.1) is 5.92 Å². The van der Waals surface area contributed by atoms with Gasteiger partial charge in [-0.3, -0.25) is 9.20 Å². The Bertz CT molecular complexity index is 700. The highest BCUT2D eigenvalue weighted by atomic mass is 16.5. The molecule has 2 aromatic heterocycles. The summed E-state index contributed by atoms with van der Waals surface area (Å²) in [5.41, 5.74) is 0.443. The monoisotopic (exact) mass is 305 g/mol. The average molecular weight is 305 g/mol. The summed E-state index contributed by atoms with van der Waals surface area (Å²) in [4.78, 5) is 23.9. The molecule has 3 heterocycles. The van der Waals surface area contributed by atoms with Gasteiger partial charge in [0.05, 0.1) is 12.5 Å². The van der Waals surface area contributed by atoms with E-state index in [1.807, 2.05) is 6.07 Å². The SMILES string of the molecule is O=C(OCCCn1nc2ccccn2c1=O)C1CCOCC1. The molecule has 0 amide bonds. The van der Waals surface area contributed by atoms with Crippen molar-refractivity contribution in [3.8, 4) is 0 Å². The van der Waals surface area contributed by atoms with E-state index in [0.717, 1.165) is 12.8 Å². The van der Waals surface area contributed by atoms with E-state index >= 15 is 0 Å². The normalized spacial score (nSPS) is 16.0. The predicted octanol–water partition coefficient (Wildman–Crippen LogP) is 0.856. The second kappa shape index (κ2) is 6.74. The lowest BCUT2D eigenvalue weighted by Gasteiger charge is -2.20.